The lowest BCUT2D eigenvalue weighted by Crippen LogP contribution is -2.46. The van der Waals surface area contributed by atoms with E-state index in [0.29, 0.717) is 27.5 Å². The Morgan fingerprint density at radius 2 is 1.59 bits per heavy atom. The van der Waals surface area contributed by atoms with Gasteiger partial charge in [-0.2, -0.15) is 0 Å². The molecule has 0 saturated carbocycles. The number of hydrogen-bond donors (Lipinski definition) is 3. The number of hydrogen-bond acceptors (Lipinski definition) is 3. The van der Waals surface area contributed by atoms with E-state index < -0.39 is 17.8 Å². The van der Waals surface area contributed by atoms with Crippen molar-refractivity contribution in [2.45, 2.75) is 25.9 Å². The Labute approximate surface area is 234 Å². The van der Waals surface area contributed by atoms with Crippen LogP contribution in [0.3, 0.4) is 0 Å². The van der Waals surface area contributed by atoms with Gasteiger partial charge in [-0.15, -0.1) is 0 Å². The lowest BCUT2D eigenvalue weighted by molar-refractivity contribution is -0.126. The first-order valence-electron chi connectivity index (χ1n) is 13.3. The topological polar surface area (TPSA) is 96.0 Å². The molecule has 0 aliphatic carbocycles. The standard InChI is InChI=1S/C33H27FN4O3/c1-20-10-15-30-26(16-20)32(40)25-7-3-5-9-29(25)38(30)19-31(39)37-28(33(41)36-23-13-11-22(34)12-14-23)17-21-18-35-27-8-4-2-6-24(21)27/h2-16,18,28,35H,17,19H2,1H3,(H,36,41)(H,37,39). The zero-order valence-corrected chi connectivity index (χ0v) is 22.3. The third kappa shape index (κ3) is 5.19. The Hall–Kier alpha value is -5.24. The van der Waals surface area contributed by atoms with Crippen LogP contribution < -0.4 is 16.1 Å². The summed E-state index contributed by atoms with van der Waals surface area (Å²) in [5.74, 6) is -1.23. The van der Waals surface area contributed by atoms with Crippen molar-refractivity contribution in [1.29, 1.82) is 0 Å². The third-order valence-corrected chi connectivity index (χ3v) is 7.29. The van der Waals surface area contributed by atoms with E-state index in [1.54, 1.807) is 12.1 Å². The van der Waals surface area contributed by atoms with E-state index in [4.69, 9.17) is 0 Å². The van der Waals surface area contributed by atoms with Crippen LogP contribution in [-0.4, -0.2) is 27.4 Å². The second-order valence-corrected chi connectivity index (χ2v) is 10.1. The lowest BCUT2D eigenvalue weighted by Gasteiger charge is -2.20. The normalized spacial score (nSPS) is 12.0. The minimum Gasteiger partial charge on any atom is -0.361 e. The third-order valence-electron chi connectivity index (χ3n) is 7.29. The predicted octanol–water partition coefficient (Wildman–Crippen LogP) is 5.45. The van der Waals surface area contributed by atoms with Crippen LogP contribution in [0.1, 0.15) is 11.1 Å². The van der Waals surface area contributed by atoms with Gasteiger partial charge in [0.05, 0.1) is 11.0 Å². The zero-order valence-electron chi connectivity index (χ0n) is 22.3. The first kappa shape index (κ1) is 26.0. The molecule has 0 fully saturated rings. The van der Waals surface area contributed by atoms with Gasteiger partial charge >= 0.3 is 0 Å². The lowest BCUT2D eigenvalue weighted by atomic mass is 10.0. The molecule has 1 unspecified atom stereocenters. The summed E-state index contributed by atoms with van der Waals surface area (Å²) in [7, 11) is 0. The van der Waals surface area contributed by atoms with Crippen molar-refractivity contribution in [2.75, 3.05) is 5.32 Å². The van der Waals surface area contributed by atoms with Crippen molar-refractivity contribution < 1.29 is 14.0 Å². The van der Waals surface area contributed by atoms with Crippen molar-refractivity contribution in [3.05, 3.63) is 124 Å². The second-order valence-electron chi connectivity index (χ2n) is 10.1. The van der Waals surface area contributed by atoms with Crippen LogP contribution in [0.25, 0.3) is 32.7 Å². The summed E-state index contributed by atoms with van der Waals surface area (Å²) in [4.78, 5) is 43.5. The molecule has 6 aromatic rings. The van der Waals surface area contributed by atoms with Gasteiger partial charge in [-0.05, 0) is 67.1 Å². The summed E-state index contributed by atoms with van der Waals surface area (Å²) in [6, 6.07) is 25.0. The van der Waals surface area contributed by atoms with Crippen LogP contribution in [0, 0.1) is 12.7 Å². The van der Waals surface area contributed by atoms with E-state index in [1.165, 1.54) is 24.3 Å². The Morgan fingerprint density at radius 3 is 2.39 bits per heavy atom. The highest BCUT2D eigenvalue weighted by Crippen LogP contribution is 2.22. The molecule has 0 saturated heterocycles. The number of H-pyrrole nitrogens is 1. The van der Waals surface area contributed by atoms with Crippen LogP contribution in [0.4, 0.5) is 10.1 Å². The maximum Gasteiger partial charge on any atom is 0.247 e. The van der Waals surface area contributed by atoms with Gasteiger partial charge in [0, 0.05) is 40.0 Å². The molecule has 0 spiro atoms. The molecule has 3 N–H and O–H groups in total. The minimum absolute atomic E-state index is 0.0909. The summed E-state index contributed by atoms with van der Waals surface area (Å²) in [5.41, 5.74) is 4.33. The predicted molar refractivity (Wildman–Crippen MR) is 159 cm³/mol. The highest BCUT2D eigenvalue weighted by Gasteiger charge is 2.24. The number of fused-ring (bicyclic) bond motifs is 3. The van der Waals surface area contributed by atoms with Crippen LogP contribution in [0.5, 0.6) is 0 Å². The van der Waals surface area contributed by atoms with Crippen molar-refractivity contribution >= 4 is 50.2 Å². The van der Waals surface area contributed by atoms with Crippen molar-refractivity contribution in [3.63, 3.8) is 0 Å². The maximum atomic E-state index is 13.6. The average Bonchev–Trinajstić information content (AvgIpc) is 3.39. The van der Waals surface area contributed by atoms with Crippen LogP contribution in [0.2, 0.25) is 0 Å². The number of carbonyl (C=O) groups excluding carboxylic acids is 2. The molecule has 2 aromatic heterocycles. The highest BCUT2D eigenvalue weighted by atomic mass is 19.1. The highest BCUT2D eigenvalue weighted by molar-refractivity contribution is 5.99. The molecule has 41 heavy (non-hydrogen) atoms. The molecule has 204 valence electrons. The number of aromatic nitrogens is 2. The number of anilines is 1. The Kier molecular flexibility index (Phi) is 6.81. The Balaban J connectivity index is 1.34. The van der Waals surface area contributed by atoms with Gasteiger partial charge in [0.1, 0.15) is 18.4 Å². The van der Waals surface area contributed by atoms with Gasteiger partial charge in [-0.1, -0.05) is 42.0 Å². The fraction of sp³-hybridized carbons (Fsp3) is 0.121. The molecule has 0 aliphatic heterocycles. The fourth-order valence-corrected chi connectivity index (χ4v) is 5.29. The van der Waals surface area contributed by atoms with E-state index in [1.807, 2.05) is 72.3 Å². The van der Waals surface area contributed by atoms with Crippen molar-refractivity contribution in [2.24, 2.45) is 0 Å². The number of carbonyl (C=O) groups is 2. The number of benzene rings is 4. The Bertz CT molecular complexity index is 1990. The van der Waals surface area contributed by atoms with Gasteiger partial charge in [-0.25, -0.2) is 4.39 Å². The molecule has 7 nitrogen and oxygen atoms in total. The molecular formula is C33H27FN4O3. The van der Waals surface area contributed by atoms with Crippen LogP contribution >= 0.6 is 0 Å². The number of aromatic amines is 1. The largest absolute Gasteiger partial charge is 0.361 e. The Morgan fingerprint density at radius 1 is 0.878 bits per heavy atom. The van der Waals surface area contributed by atoms with Crippen molar-refractivity contribution in [3.8, 4) is 0 Å². The summed E-state index contributed by atoms with van der Waals surface area (Å²) in [5, 5.41) is 7.71. The van der Waals surface area contributed by atoms with Gasteiger partial charge < -0.3 is 20.2 Å². The molecule has 2 amide bonds. The van der Waals surface area contributed by atoms with E-state index in [9.17, 15) is 18.8 Å². The second kappa shape index (κ2) is 10.7. The smallest absolute Gasteiger partial charge is 0.247 e. The van der Waals surface area contributed by atoms with Gasteiger partial charge in [0.15, 0.2) is 5.43 Å². The van der Waals surface area contributed by atoms with E-state index in [-0.39, 0.29) is 24.3 Å². The number of rotatable bonds is 7. The molecular weight excluding hydrogens is 519 g/mol. The molecule has 8 heteroatoms. The van der Waals surface area contributed by atoms with Crippen LogP contribution in [0.15, 0.2) is 102 Å². The molecule has 6 rings (SSSR count). The van der Waals surface area contributed by atoms with E-state index in [0.717, 1.165) is 22.0 Å². The van der Waals surface area contributed by atoms with E-state index in [2.05, 4.69) is 15.6 Å². The van der Waals surface area contributed by atoms with E-state index >= 15 is 0 Å². The number of halogens is 1. The number of nitrogens with one attached hydrogen (secondary N) is 3. The number of pyridine rings is 1. The number of aryl methyl sites for hydroxylation is 1. The first-order valence-corrected chi connectivity index (χ1v) is 13.3. The average molecular weight is 547 g/mol. The fourth-order valence-electron chi connectivity index (χ4n) is 5.29. The van der Waals surface area contributed by atoms with Crippen LogP contribution in [-0.2, 0) is 22.6 Å². The summed E-state index contributed by atoms with van der Waals surface area (Å²) in [6.07, 6.45) is 2.06. The SMILES string of the molecule is Cc1ccc2c(c1)c(=O)c1ccccc1n2CC(=O)NC(Cc1c[nH]c2ccccc12)C(=O)Nc1ccc(F)cc1. The number of para-hydroxylation sites is 2. The molecule has 0 aliphatic rings. The molecule has 2 heterocycles. The number of nitrogens with zero attached hydrogens (tertiary/aromatic N) is 1. The molecule has 4 aromatic carbocycles. The van der Waals surface area contributed by atoms with Crippen molar-refractivity contribution in [1.82, 2.24) is 14.9 Å². The van der Waals surface area contributed by atoms with Gasteiger partial charge in [-0.3, -0.25) is 14.4 Å². The first-order chi connectivity index (χ1) is 19.9. The molecule has 0 bridgehead atoms. The summed E-state index contributed by atoms with van der Waals surface area (Å²) < 4.78 is 15.2. The summed E-state index contributed by atoms with van der Waals surface area (Å²) >= 11 is 0. The minimum atomic E-state index is -0.925. The van der Waals surface area contributed by atoms with Gasteiger partial charge in [0.2, 0.25) is 11.8 Å². The molecule has 0 radical (unpaired) electrons. The number of amides is 2. The molecule has 1 atom stereocenters. The van der Waals surface area contributed by atoms with Gasteiger partial charge in [0.25, 0.3) is 0 Å². The maximum absolute atomic E-state index is 13.6. The zero-order chi connectivity index (χ0) is 28.5. The summed E-state index contributed by atoms with van der Waals surface area (Å²) in [6.45, 7) is 1.81. The monoisotopic (exact) mass is 546 g/mol. The quantitative estimate of drug-likeness (QED) is 0.232.